The Morgan fingerprint density at radius 3 is 2.44 bits per heavy atom. The minimum absolute atomic E-state index is 0.0417. The summed E-state index contributed by atoms with van der Waals surface area (Å²) in [7, 11) is 0. The molecule has 0 unspecified atom stereocenters. The quantitative estimate of drug-likeness (QED) is 0.830. The van der Waals surface area contributed by atoms with E-state index in [-0.39, 0.29) is 17.7 Å². The maximum Gasteiger partial charge on any atom is 0.255 e. The number of nitrogens with one attached hydrogen (secondary N) is 2. The summed E-state index contributed by atoms with van der Waals surface area (Å²) < 4.78 is 0. The van der Waals surface area contributed by atoms with Crippen molar-refractivity contribution in [2.24, 2.45) is 5.92 Å². The highest BCUT2D eigenvalue weighted by Gasteiger charge is 2.15. The summed E-state index contributed by atoms with van der Waals surface area (Å²) in [4.78, 5) is 24.6. The molecule has 0 aliphatic carbocycles. The first kappa shape index (κ1) is 18.2. The molecule has 0 aliphatic rings. The fraction of sp³-hybridized carbons (Fsp3) is 0.250. The first-order valence-corrected chi connectivity index (χ1v) is 8.30. The van der Waals surface area contributed by atoms with Gasteiger partial charge >= 0.3 is 0 Å². The summed E-state index contributed by atoms with van der Waals surface area (Å²) in [5.74, 6) is -0.418. The number of carbonyl (C=O) groups excluding carboxylic acids is 2. The Kier molecular flexibility index (Phi) is 6.30. The monoisotopic (exact) mass is 335 g/mol. The summed E-state index contributed by atoms with van der Waals surface area (Å²) in [6.07, 6.45) is 1.54. The molecule has 0 bridgehead atoms. The summed E-state index contributed by atoms with van der Waals surface area (Å²) in [6, 6.07) is 15.6. The van der Waals surface area contributed by atoms with Crippen LogP contribution in [0.15, 0.2) is 48.5 Å². The van der Waals surface area contributed by atoms with Crippen LogP contribution in [-0.4, -0.2) is 11.8 Å². The van der Waals surface area contributed by atoms with Crippen LogP contribution in [0, 0.1) is 17.2 Å². The zero-order valence-electron chi connectivity index (χ0n) is 14.4. The van der Waals surface area contributed by atoms with Gasteiger partial charge in [0.2, 0.25) is 5.91 Å². The van der Waals surface area contributed by atoms with Gasteiger partial charge in [-0.25, -0.2) is 0 Å². The summed E-state index contributed by atoms with van der Waals surface area (Å²) in [5, 5.41) is 14.7. The number of carbonyl (C=O) groups is 2. The molecule has 0 fully saturated rings. The van der Waals surface area contributed by atoms with E-state index in [9.17, 15) is 9.59 Å². The van der Waals surface area contributed by atoms with Gasteiger partial charge in [-0.3, -0.25) is 9.59 Å². The molecule has 25 heavy (non-hydrogen) atoms. The van der Waals surface area contributed by atoms with Crippen molar-refractivity contribution in [2.45, 2.75) is 26.7 Å². The lowest BCUT2D eigenvalue weighted by atomic mass is 10.0. The molecule has 5 nitrogen and oxygen atoms in total. The number of anilines is 2. The molecular weight excluding hydrogens is 314 g/mol. The second-order valence-corrected chi connectivity index (χ2v) is 5.69. The highest BCUT2D eigenvalue weighted by atomic mass is 16.2. The maximum absolute atomic E-state index is 12.4. The molecular formula is C20H21N3O2. The third-order valence-corrected chi connectivity index (χ3v) is 4.04. The first-order chi connectivity index (χ1) is 12.1. The average Bonchev–Trinajstić information content (AvgIpc) is 2.63. The molecule has 0 aliphatic heterocycles. The zero-order chi connectivity index (χ0) is 18.2. The van der Waals surface area contributed by atoms with Gasteiger partial charge < -0.3 is 10.6 Å². The molecule has 2 aromatic rings. The van der Waals surface area contributed by atoms with Crippen LogP contribution in [-0.2, 0) is 4.79 Å². The molecule has 0 aromatic heterocycles. The van der Waals surface area contributed by atoms with Crippen LogP contribution in [0.3, 0.4) is 0 Å². The van der Waals surface area contributed by atoms with E-state index >= 15 is 0 Å². The Hall–Kier alpha value is -3.13. The third-order valence-electron chi connectivity index (χ3n) is 4.04. The van der Waals surface area contributed by atoms with Crippen molar-refractivity contribution < 1.29 is 9.59 Å². The number of benzene rings is 2. The van der Waals surface area contributed by atoms with Gasteiger partial charge in [-0.05, 0) is 43.2 Å². The average molecular weight is 335 g/mol. The van der Waals surface area contributed by atoms with E-state index in [1.54, 1.807) is 48.5 Å². The van der Waals surface area contributed by atoms with Crippen LogP contribution >= 0.6 is 0 Å². The molecule has 0 saturated carbocycles. The lowest BCUT2D eigenvalue weighted by Crippen LogP contribution is -2.22. The van der Waals surface area contributed by atoms with Gasteiger partial charge in [0.25, 0.3) is 5.91 Å². The molecule has 2 aromatic carbocycles. The maximum atomic E-state index is 12.4. The van der Waals surface area contributed by atoms with Crippen molar-refractivity contribution in [3.8, 4) is 6.07 Å². The van der Waals surface area contributed by atoms with E-state index < -0.39 is 0 Å². The fourth-order valence-electron chi connectivity index (χ4n) is 2.53. The molecule has 0 heterocycles. The molecule has 128 valence electrons. The van der Waals surface area contributed by atoms with Crippen LogP contribution in [0.25, 0.3) is 0 Å². The van der Waals surface area contributed by atoms with Crippen molar-refractivity contribution in [3.63, 3.8) is 0 Å². The summed E-state index contributed by atoms with van der Waals surface area (Å²) in [5.41, 5.74) is 1.85. The molecule has 2 N–H and O–H groups in total. The molecule has 2 rings (SSSR count). The van der Waals surface area contributed by atoms with Crippen molar-refractivity contribution in [1.29, 1.82) is 5.26 Å². The number of nitriles is 1. The van der Waals surface area contributed by atoms with Gasteiger partial charge in [0, 0.05) is 17.2 Å². The number of amides is 2. The zero-order valence-corrected chi connectivity index (χ0v) is 14.4. The van der Waals surface area contributed by atoms with E-state index in [0.717, 1.165) is 12.8 Å². The number of nitrogens with zero attached hydrogens (tertiary/aromatic N) is 1. The van der Waals surface area contributed by atoms with E-state index in [2.05, 4.69) is 10.6 Å². The topological polar surface area (TPSA) is 82.0 Å². The van der Waals surface area contributed by atoms with E-state index in [1.807, 2.05) is 19.9 Å². The van der Waals surface area contributed by atoms with Crippen molar-refractivity contribution in [1.82, 2.24) is 0 Å². The second kappa shape index (κ2) is 8.65. The minimum Gasteiger partial charge on any atom is -0.326 e. The van der Waals surface area contributed by atoms with Gasteiger partial charge in [0.15, 0.2) is 0 Å². The largest absolute Gasteiger partial charge is 0.326 e. The molecule has 5 heteroatoms. The minimum atomic E-state index is -0.332. The van der Waals surface area contributed by atoms with E-state index in [4.69, 9.17) is 5.26 Å². The SMILES string of the molecule is CCC(CC)C(=O)Nc1cccc(C(=O)Nc2ccccc2C#N)c1. The molecule has 0 saturated heterocycles. The Bertz CT molecular complexity index is 805. The van der Waals surface area contributed by atoms with Crippen LogP contribution < -0.4 is 10.6 Å². The fourth-order valence-corrected chi connectivity index (χ4v) is 2.53. The molecule has 0 spiro atoms. The van der Waals surface area contributed by atoms with Gasteiger partial charge in [0.05, 0.1) is 11.3 Å². The Morgan fingerprint density at radius 1 is 1.04 bits per heavy atom. The number of para-hydroxylation sites is 1. The van der Waals surface area contributed by atoms with Gasteiger partial charge in [0.1, 0.15) is 6.07 Å². The Balaban J connectivity index is 2.14. The lowest BCUT2D eigenvalue weighted by Gasteiger charge is -2.13. The molecule has 0 atom stereocenters. The summed E-state index contributed by atoms with van der Waals surface area (Å²) in [6.45, 7) is 3.95. The molecule has 0 radical (unpaired) electrons. The van der Waals surface area contributed by atoms with Crippen LogP contribution in [0.1, 0.15) is 42.6 Å². The van der Waals surface area contributed by atoms with Crippen molar-refractivity contribution >= 4 is 23.2 Å². The van der Waals surface area contributed by atoms with Gasteiger partial charge in [-0.1, -0.05) is 32.0 Å². The van der Waals surface area contributed by atoms with Crippen LogP contribution in [0.5, 0.6) is 0 Å². The Morgan fingerprint density at radius 2 is 1.76 bits per heavy atom. The third kappa shape index (κ3) is 4.67. The number of hydrogen-bond acceptors (Lipinski definition) is 3. The lowest BCUT2D eigenvalue weighted by molar-refractivity contribution is -0.120. The smallest absolute Gasteiger partial charge is 0.255 e. The van der Waals surface area contributed by atoms with E-state index in [1.165, 1.54) is 0 Å². The standard InChI is InChI=1S/C20H21N3O2/c1-3-14(4-2)19(24)22-17-10-7-9-15(12-17)20(25)23-18-11-6-5-8-16(18)13-21/h5-12,14H,3-4H2,1-2H3,(H,22,24)(H,23,25). The Labute approximate surface area is 147 Å². The van der Waals surface area contributed by atoms with Crippen molar-refractivity contribution in [3.05, 3.63) is 59.7 Å². The summed E-state index contributed by atoms with van der Waals surface area (Å²) >= 11 is 0. The predicted octanol–water partition coefficient (Wildman–Crippen LogP) is 4.19. The van der Waals surface area contributed by atoms with Gasteiger partial charge in [-0.2, -0.15) is 5.26 Å². The van der Waals surface area contributed by atoms with Crippen LogP contribution in [0.4, 0.5) is 11.4 Å². The van der Waals surface area contributed by atoms with Crippen molar-refractivity contribution in [2.75, 3.05) is 10.6 Å². The number of rotatable bonds is 6. The molecule has 2 amide bonds. The highest BCUT2D eigenvalue weighted by molar-refractivity contribution is 6.06. The number of hydrogen-bond donors (Lipinski definition) is 2. The van der Waals surface area contributed by atoms with E-state index in [0.29, 0.717) is 22.5 Å². The normalized spacial score (nSPS) is 10.2. The highest BCUT2D eigenvalue weighted by Crippen LogP contribution is 2.18. The van der Waals surface area contributed by atoms with Gasteiger partial charge in [-0.15, -0.1) is 0 Å². The first-order valence-electron chi connectivity index (χ1n) is 8.30. The van der Waals surface area contributed by atoms with Crippen LogP contribution in [0.2, 0.25) is 0 Å². The second-order valence-electron chi connectivity index (χ2n) is 5.69. The predicted molar refractivity (Wildman–Crippen MR) is 98.3 cm³/mol.